The average Bonchev–Trinajstić information content (AvgIpc) is 2.86. The van der Waals surface area contributed by atoms with E-state index in [1.807, 2.05) is 0 Å². The molecule has 4 saturated carbocycles. The standard InChI is InChI=1S/C16H24ClNO/c17-8-10-1-2-18(9-10)16(19)15-13-4-11-3-12(6-13)7-14(15)5-11/h10-15H,1-9H2. The summed E-state index contributed by atoms with van der Waals surface area (Å²) in [6.07, 6.45) is 7.95. The molecule has 5 rings (SSSR count). The normalized spacial score (nSPS) is 47.9. The zero-order valence-corrected chi connectivity index (χ0v) is 12.3. The van der Waals surface area contributed by atoms with Crippen LogP contribution in [0.15, 0.2) is 0 Å². The first-order chi connectivity index (χ1) is 9.24. The van der Waals surface area contributed by atoms with Gasteiger partial charge in [0.2, 0.25) is 5.91 Å². The summed E-state index contributed by atoms with van der Waals surface area (Å²) in [5.41, 5.74) is 0. The van der Waals surface area contributed by atoms with Gasteiger partial charge in [0.05, 0.1) is 0 Å². The third-order valence-electron chi connectivity index (χ3n) is 6.33. The van der Waals surface area contributed by atoms with Gasteiger partial charge in [0.25, 0.3) is 0 Å². The van der Waals surface area contributed by atoms with E-state index in [0.29, 0.717) is 23.6 Å². The van der Waals surface area contributed by atoms with Crippen molar-refractivity contribution in [3.8, 4) is 0 Å². The number of halogens is 1. The zero-order chi connectivity index (χ0) is 13.0. The summed E-state index contributed by atoms with van der Waals surface area (Å²) in [4.78, 5) is 15.0. The van der Waals surface area contributed by atoms with E-state index >= 15 is 0 Å². The summed E-state index contributed by atoms with van der Waals surface area (Å²) in [7, 11) is 0. The highest BCUT2D eigenvalue weighted by atomic mass is 35.5. The van der Waals surface area contributed by atoms with Crippen LogP contribution in [0.4, 0.5) is 0 Å². The summed E-state index contributed by atoms with van der Waals surface area (Å²) >= 11 is 5.95. The summed E-state index contributed by atoms with van der Waals surface area (Å²) in [6.45, 7) is 1.88. The Morgan fingerprint density at radius 3 is 2.21 bits per heavy atom. The molecule has 5 aliphatic rings. The van der Waals surface area contributed by atoms with Crippen molar-refractivity contribution in [3.63, 3.8) is 0 Å². The molecule has 0 spiro atoms. The van der Waals surface area contributed by atoms with Gasteiger partial charge in [-0.05, 0) is 68.1 Å². The van der Waals surface area contributed by atoms with Crippen molar-refractivity contribution in [2.45, 2.75) is 38.5 Å². The van der Waals surface area contributed by atoms with Crippen molar-refractivity contribution >= 4 is 17.5 Å². The Hall–Kier alpha value is -0.240. The van der Waals surface area contributed by atoms with Gasteiger partial charge in [0.1, 0.15) is 0 Å². The molecule has 3 heteroatoms. The smallest absolute Gasteiger partial charge is 0.226 e. The highest BCUT2D eigenvalue weighted by Crippen LogP contribution is 2.57. The molecule has 4 bridgehead atoms. The molecule has 2 nitrogen and oxygen atoms in total. The molecule has 0 aromatic heterocycles. The van der Waals surface area contributed by atoms with Gasteiger partial charge in [-0.3, -0.25) is 4.79 Å². The second-order valence-corrected chi connectivity index (χ2v) is 7.86. The number of carbonyl (C=O) groups excluding carboxylic acids is 1. The highest BCUT2D eigenvalue weighted by molar-refractivity contribution is 6.18. The van der Waals surface area contributed by atoms with Gasteiger partial charge in [-0.15, -0.1) is 11.6 Å². The molecule has 1 unspecified atom stereocenters. The van der Waals surface area contributed by atoms with E-state index in [9.17, 15) is 4.79 Å². The van der Waals surface area contributed by atoms with Crippen molar-refractivity contribution in [1.82, 2.24) is 4.90 Å². The van der Waals surface area contributed by atoms with E-state index in [2.05, 4.69) is 4.90 Å². The largest absolute Gasteiger partial charge is 0.342 e. The number of rotatable bonds is 2. The van der Waals surface area contributed by atoms with Gasteiger partial charge in [-0.25, -0.2) is 0 Å². The fourth-order valence-corrected chi connectivity index (χ4v) is 5.95. The van der Waals surface area contributed by atoms with Gasteiger partial charge in [-0.2, -0.15) is 0 Å². The monoisotopic (exact) mass is 281 g/mol. The van der Waals surface area contributed by atoms with Crippen LogP contribution in [0, 0.1) is 35.5 Å². The van der Waals surface area contributed by atoms with Gasteiger partial charge < -0.3 is 4.90 Å². The summed E-state index contributed by atoms with van der Waals surface area (Å²) in [6, 6.07) is 0. The minimum Gasteiger partial charge on any atom is -0.342 e. The summed E-state index contributed by atoms with van der Waals surface area (Å²) in [5.74, 6) is 5.48. The van der Waals surface area contributed by atoms with Crippen LogP contribution in [0.3, 0.4) is 0 Å². The first-order valence-electron chi connectivity index (χ1n) is 8.09. The molecule has 1 amide bonds. The molecule has 0 radical (unpaired) electrons. The number of carbonyl (C=O) groups is 1. The van der Waals surface area contributed by atoms with Crippen molar-refractivity contribution in [1.29, 1.82) is 0 Å². The lowest BCUT2D eigenvalue weighted by Crippen LogP contribution is -2.51. The molecule has 0 aromatic carbocycles. The lowest BCUT2D eigenvalue weighted by Gasteiger charge is -2.54. The molecule has 106 valence electrons. The number of amides is 1. The highest BCUT2D eigenvalue weighted by Gasteiger charge is 2.51. The van der Waals surface area contributed by atoms with Gasteiger partial charge in [0.15, 0.2) is 0 Å². The van der Waals surface area contributed by atoms with Crippen LogP contribution in [0.5, 0.6) is 0 Å². The molecule has 1 atom stereocenters. The van der Waals surface area contributed by atoms with E-state index in [1.54, 1.807) is 0 Å². The second-order valence-electron chi connectivity index (χ2n) is 7.55. The molecule has 0 N–H and O–H groups in total. The third kappa shape index (κ3) is 2.02. The van der Waals surface area contributed by atoms with Gasteiger partial charge in [-0.1, -0.05) is 0 Å². The first kappa shape index (κ1) is 12.5. The van der Waals surface area contributed by atoms with Crippen molar-refractivity contribution in [2.75, 3.05) is 19.0 Å². The molecule has 5 fully saturated rings. The Bertz CT molecular complexity index is 355. The van der Waals surface area contributed by atoms with Crippen molar-refractivity contribution in [3.05, 3.63) is 0 Å². The van der Waals surface area contributed by atoms with Crippen LogP contribution >= 0.6 is 11.6 Å². The molecule has 0 aromatic rings. The van der Waals surface area contributed by atoms with Crippen molar-refractivity contribution in [2.24, 2.45) is 35.5 Å². The third-order valence-corrected chi connectivity index (χ3v) is 6.76. The fraction of sp³-hybridized carbons (Fsp3) is 0.938. The second kappa shape index (κ2) is 4.65. The Kier molecular flexibility index (Phi) is 3.06. The lowest BCUT2D eigenvalue weighted by molar-refractivity contribution is -0.148. The molecule has 1 aliphatic heterocycles. The van der Waals surface area contributed by atoms with Crippen molar-refractivity contribution < 1.29 is 4.79 Å². The predicted octanol–water partition coefficient (Wildman–Crippen LogP) is 3.15. The molecular weight excluding hydrogens is 258 g/mol. The minimum atomic E-state index is 0.377. The first-order valence-corrected chi connectivity index (χ1v) is 8.62. The number of hydrogen-bond donors (Lipinski definition) is 0. The number of alkyl halides is 1. The lowest BCUT2D eigenvalue weighted by atomic mass is 9.51. The van der Waals surface area contributed by atoms with Gasteiger partial charge >= 0.3 is 0 Å². The van der Waals surface area contributed by atoms with Crippen LogP contribution < -0.4 is 0 Å². The van der Waals surface area contributed by atoms with Crippen LogP contribution in [-0.4, -0.2) is 29.8 Å². The Morgan fingerprint density at radius 2 is 1.68 bits per heavy atom. The predicted molar refractivity (Wildman–Crippen MR) is 75.9 cm³/mol. The topological polar surface area (TPSA) is 20.3 Å². The molecule has 4 aliphatic carbocycles. The maximum Gasteiger partial charge on any atom is 0.226 e. The number of nitrogens with zero attached hydrogens (tertiary/aromatic N) is 1. The van der Waals surface area contributed by atoms with Crippen LogP contribution in [0.25, 0.3) is 0 Å². The minimum absolute atomic E-state index is 0.377. The number of hydrogen-bond acceptors (Lipinski definition) is 1. The maximum absolute atomic E-state index is 12.9. The van der Waals surface area contributed by atoms with E-state index in [1.165, 1.54) is 32.1 Å². The zero-order valence-electron chi connectivity index (χ0n) is 11.6. The van der Waals surface area contributed by atoms with Crippen LogP contribution in [0.2, 0.25) is 0 Å². The Labute approximate surface area is 120 Å². The molecule has 1 saturated heterocycles. The SMILES string of the molecule is O=C(C1C2CC3CC(C2)CC1C3)N1CCC(CCl)C1. The van der Waals surface area contributed by atoms with Gasteiger partial charge in [0, 0.05) is 24.9 Å². The quantitative estimate of drug-likeness (QED) is 0.712. The summed E-state index contributed by atoms with van der Waals surface area (Å²) in [5, 5.41) is 0. The van der Waals surface area contributed by atoms with Crippen LogP contribution in [0.1, 0.15) is 38.5 Å². The van der Waals surface area contributed by atoms with E-state index in [0.717, 1.165) is 43.2 Å². The summed E-state index contributed by atoms with van der Waals surface area (Å²) < 4.78 is 0. The molecule has 1 heterocycles. The van der Waals surface area contributed by atoms with Crippen LogP contribution in [-0.2, 0) is 4.79 Å². The average molecular weight is 282 g/mol. The Balaban J connectivity index is 1.49. The number of likely N-dealkylation sites (tertiary alicyclic amines) is 1. The molecular formula is C16H24ClNO. The fourth-order valence-electron chi connectivity index (χ4n) is 5.70. The van der Waals surface area contributed by atoms with E-state index in [-0.39, 0.29) is 0 Å². The maximum atomic E-state index is 12.9. The van der Waals surface area contributed by atoms with E-state index < -0.39 is 0 Å². The molecule has 19 heavy (non-hydrogen) atoms. The van der Waals surface area contributed by atoms with E-state index in [4.69, 9.17) is 11.6 Å². The Morgan fingerprint density at radius 1 is 1.05 bits per heavy atom.